The van der Waals surface area contributed by atoms with Gasteiger partial charge in [0.05, 0.1) is 11.4 Å². The number of aliphatic imine (C=N–C) groups is 1. The largest absolute Gasteiger partial charge is 0.331 e. The normalized spacial score (nSPS) is 14.7. The van der Waals surface area contributed by atoms with E-state index in [9.17, 15) is 8.78 Å². The summed E-state index contributed by atoms with van der Waals surface area (Å²) in [4.78, 5) is 6.65. The van der Waals surface area contributed by atoms with Crippen LogP contribution in [0.3, 0.4) is 0 Å². The second kappa shape index (κ2) is 10.1. The maximum absolute atomic E-state index is 14.8. The van der Waals surface area contributed by atoms with Crippen molar-refractivity contribution in [3.05, 3.63) is 71.5 Å². The van der Waals surface area contributed by atoms with Gasteiger partial charge in [-0.25, -0.2) is 13.8 Å². The number of hydrogen-bond donors (Lipinski definition) is 2. The molecule has 2 N–H and O–H groups in total. The topological polar surface area (TPSA) is 74.1 Å². The van der Waals surface area contributed by atoms with Crippen LogP contribution in [0.2, 0.25) is 0 Å². The lowest BCUT2D eigenvalue weighted by Crippen LogP contribution is -2.25. The minimum absolute atomic E-state index is 0.105. The number of H-pyrrole nitrogens is 1. The average molecular weight is 498 g/mol. The molecule has 0 radical (unpaired) electrons. The van der Waals surface area contributed by atoms with E-state index in [2.05, 4.69) is 27.2 Å². The maximum atomic E-state index is 14.8. The molecule has 2 heterocycles. The lowest BCUT2D eigenvalue weighted by Gasteiger charge is -2.22. The first-order valence-corrected chi connectivity index (χ1v) is 12.4. The van der Waals surface area contributed by atoms with Crippen molar-refractivity contribution >= 4 is 34.7 Å². The van der Waals surface area contributed by atoms with E-state index < -0.39 is 11.6 Å². The highest BCUT2D eigenvalue weighted by Crippen LogP contribution is 2.44. The third-order valence-corrected chi connectivity index (χ3v) is 6.64. The van der Waals surface area contributed by atoms with Crippen molar-refractivity contribution in [1.29, 1.82) is 0 Å². The maximum Gasteiger partial charge on any atom is 0.153 e. The Morgan fingerprint density at radius 2 is 2.03 bits per heavy atom. The zero-order valence-electron chi connectivity index (χ0n) is 20.5. The van der Waals surface area contributed by atoms with Gasteiger partial charge in [0.1, 0.15) is 23.3 Å². The molecular formula is C25H29F2N7S. The number of allylic oxidation sites excluding steroid dienone is 2. The van der Waals surface area contributed by atoms with Crippen LogP contribution in [0.5, 0.6) is 0 Å². The van der Waals surface area contributed by atoms with Gasteiger partial charge in [-0.15, -0.1) is 11.8 Å². The summed E-state index contributed by atoms with van der Waals surface area (Å²) in [6.07, 6.45) is 5.59. The summed E-state index contributed by atoms with van der Waals surface area (Å²) in [5.74, 6) is 0.905. The summed E-state index contributed by atoms with van der Waals surface area (Å²) in [7, 11) is 3.52. The first kappa shape index (κ1) is 24.7. The van der Waals surface area contributed by atoms with Crippen LogP contribution in [0.1, 0.15) is 31.2 Å². The van der Waals surface area contributed by atoms with Gasteiger partial charge in [-0.05, 0) is 51.0 Å². The number of aromatic nitrogens is 4. The molecular weight excluding hydrogens is 468 g/mol. The Morgan fingerprint density at radius 3 is 2.60 bits per heavy atom. The number of nitrogens with one attached hydrogen (secondary N) is 2. The van der Waals surface area contributed by atoms with E-state index in [0.717, 1.165) is 47.1 Å². The molecule has 1 fully saturated rings. The van der Waals surface area contributed by atoms with Crippen molar-refractivity contribution in [2.45, 2.75) is 31.6 Å². The molecule has 0 aliphatic heterocycles. The number of halogens is 2. The molecule has 7 nitrogen and oxygen atoms in total. The monoisotopic (exact) mass is 497 g/mol. The fourth-order valence-corrected chi connectivity index (χ4v) is 4.25. The summed E-state index contributed by atoms with van der Waals surface area (Å²) in [6.45, 7) is 7.99. The smallest absolute Gasteiger partial charge is 0.153 e. The first-order chi connectivity index (χ1) is 16.7. The highest BCUT2D eigenvalue weighted by molar-refractivity contribution is 7.98. The van der Waals surface area contributed by atoms with Gasteiger partial charge in [0.2, 0.25) is 0 Å². The average Bonchev–Trinajstić information content (AvgIpc) is 3.42. The Morgan fingerprint density at radius 1 is 1.29 bits per heavy atom. The van der Waals surface area contributed by atoms with E-state index in [1.54, 1.807) is 24.9 Å². The fraction of sp³-hybridized carbons (Fsp3) is 0.320. The summed E-state index contributed by atoms with van der Waals surface area (Å²) in [5, 5.41) is 15.1. The van der Waals surface area contributed by atoms with Crippen LogP contribution in [0.15, 0.2) is 58.3 Å². The number of benzene rings is 1. The zero-order valence-corrected chi connectivity index (χ0v) is 21.3. The SMILES string of the molecule is C=C(/C(=C(\N=C(/C)N(C)c1cc(F)c(SC)cc1F)Nc1cc(C)[nH]n1)C1CC1)c1ccn(C)n1. The highest BCUT2D eigenvalue weighted by Gasteiger charge is 2.32. The Bertz CT molecular complexity index is 1320. The zero-order chi connectivity index (χ0) is 25.3. The molecule has 1 saturated carbocycles. The Kier molecular flexibility index (Phi) is 7.11. The van der Waals surface area contributed by atoms with Gasteiger partial charge in [0.15, 0.2) is 5.82 Å². The Hall–Kier alpha value is -3.40. The number of amidine groups is 1. The van der Waals surface area contributed by atoms with Crippen LogP contribution in [-0.4, -0.2) is 39.1 Å². The number of rotatable bonds is 8. The second-order valence-electron chi connectivity index (χ2n) is 8.61. The van der Waals surface area contributed by atoms with Crippen molar-refractivity contribution in [1.82, 2.24) is 20.0 Å². The first-order valence-electron chi connectivity index (χ1n) is 11.2. The summed E-state index contributed by atoms with van der Waals surface area (Å²) in [6, 6.07) is 6.19. The lowest BCUT2D eigenvalue weighted by atomic mass is 10.00. The molecule has 1 aromatic carbocycles. The number of aromatic amines is 1. The molecule has 0 amide bonds. The van der Waals surface area contributed by atoms with E-state index in [1.165, 1.54) is 17.0 Å². The summed E-state index contributed by atoms with van der Waals surface area (Å²) < 4.78 is 31.0. The van der Waals surface area contributed by atoms with Gasteiger partial charge in [-0.1, -0.05) is 6.58 Å². The number of anilines is 2. The Balaban J connectivity index is 1.78. The number of aryl methyl sites for hydroxylation is 2. The van der Waals surface area contributed by atoms with E-state index in [1.807, 2.05) is 32.3 Å². The number of nitrogens with zero attached hydrogens (tertiary/aromatic N) is 5. The molecule has 0 bridgehead atoms. The molecule has 0 spiro atoms. The fourth-order valence-electron chi connectivity index (χ4n) is 3.77. The van der Waals surface area contributed by atoms with Gasteiger partial charge in [0.25, 0.3) is 0 Å². The molecule has 10 heteroatoms. The van der Waals surface area contributed by atoms with E-state index in [-0.39, 0.29) is 16.5 Å². The lowest BCUT2D eigenvalue weighted by molar-refractivity contribution is 0.578. The molecule has 184 valence electrons. The van der Waals surface area contributed by atoms with E-state index in [0.29, 0.717) is 17.5 Å². The molecule has 1 aliphatic carbocycles. The van der Waals surface area contributed by atoms with Crippen molar-refractivity contribution in [2.24, 2.45) is 18.0 Å². The van der Waals surface area contributed by atoms with Crippen molar-refractivity contribution in [3.8, 4) is 0 Å². The number of hydrogen-bond acceptors (Lipinski definition) is 5. The quantitative estimate of drug-likeness (QED) is 0.179. The minimum Gasteiger partial charge on any atom is -0.331 e. The van der Waals surface area contributed by atoms with Crippen LogP contribution >= 0.6 is 11.8 Å². The summed E-state index contributed by atoms with van der Waals surface area (Å²) in [5.41, 5.74) is 3.46. The third-order valence-electron chi connectivity index (χ3n) is 5.88. The molecule has 0 atom stereocenters. The summed E-state index contributed by atoms with van der Waals surface area (Å²) >= 11 is 1.16. The van der Waals surface area contributed by atoms with Gasteiger partial charge >= 0.3 is 0 Å². The van der Waals surface area contributed by atoms with E-state index in [4.69, 9.17) is 4.99 Å². The van der Waals surface area contributed by atoms with Gasteiger partial charge < -0.3 is 10.2 Å². The van der Waals surface area contributed by atoms with Crippen LogP contribution in [0.4, 0.5) is 20.3 Å². The van der Waals surface area contributed by atoms with Gasteiger partial charge in [-0.2, -0.15) is 10.2 Å². The van der Waals surface area contributed by atoms with Crippen molar-refractivity contribution in [2.75, 3.05) is 23.5 Å². The predicted molar refractivity (Wildman–Crippen MR) is 139 cm³/mol. The molecule has 2 aromatic heterocycles. The van der Waals surface area contributed by atoms with Crippen molar-refractivity contribution in [3.63, 3.8) is 0 Å². The molecule has 35 heavy (non-hydrogen) atoms. The minimum atomic E-state index is -0.519. The molecule has 1 aliphatic rings. The van der Waals surface area contributed by atoms with E-state index >= 15 is 0 Å². The van der Waals surface area contributed by atoms with Crippen LogP contribution in [-0.2, 0) is 7.05 Å². The highest BCUT2D eigenvalue weighted by atomic mass is 32.2. The Labute approximate surface area is 208 Å². The van der Waals surface area contributed by atoms with Crippen LogP contribution < -0.4 is 10.2 Å². The van der Waals surface area contributed by atoms with Crippen molar-refractivity contribution < 1.29 is 8.78 Å². The molecule has 3 aromatic rings. The molecule has 0 unspecified atom stereocenters. The van der Waals surface area contributed by atoms with Gasteiger partial charge in [0, 0.05) is 54.2 Å². The van der Waals surface area contributed by atoms with Gasteiger partial charge in [-0.3, -0.25) is 9.78 Å². The predicted octanol–water partition coefficient (Wildman–Crippen LogP) is 5.75. The standard InChI is InChI=1S/C25H29F2N7S/c1-14-11-23(31-30-14)29-25(24(17-7-8-17)15(2)20-9-10-33(4)32-20)28-16(3)34(5)21-12-19(27)22(35-6)13-18(21)26/h9-13,17H,2,7-8H2,1,3-6H3,(H2,29,30,31)/b25-24-,28-16+. The number of thioether (sulfide) groups is 1. The third kappa shape index (κ3) is 5.48. The second-order valence-corrected chi connectivity index (χ2v) is 9.46. The molecule has 0 saturated heterocycles. The molecule has 4 rings (SSSR count). The van der Waals surface area contributed by atoms with Crippen LogP contribution in [0, 0.1) is 24.5 Å². The van der Waals surface area contributed by atoms with Crippen LogP contribution in [0.25, 0.3) is 5.57 Å².